The lowest BCUT2D eigenvalue weighted by Crippen LogP contribution is -2.32. The van der Waals surface area contributed by atoms with Crippen LogP contribution in [-0.2, 0) is 4.79 Å². The number of unbranched alkanes of at least 4 members (excludes halogenated alkanes) is 1. The molecule has 0 bridgehead atoms. The Morgan fingerprint density at radius 3 is 2.11 bits per heavy atom. The van der Waals surface area contributed by atoms with Crippen molar-refractivity contribution < 1.29 is 9.59 Å². The Hall–Kier alpha value is -1.68. The number of carbonyl (C=O) groups is 2. The maximum atomic E-state index is 12.3. The van der Waals surface area contributed by atoms with Crippen molar-refractivity contribution in [2.75, 3.05) is 31.1 Å². The van der Waals surface area contributed by atoms with Gasteiger partial charge >= 0.3 is 0 Å². The van der Waals surface area contributed by atoms with Gasteiger partial charge in [-0.3, -0.25) is 9.59 Å². The summed E-state index contributed by atoms with van der Waals surface area (Å²) in [4.78, 5) is 28.5. The maximum absolute atomic E-state index is 12.3. The number of rotatable bonds is 12. The van der Waals surface area contributed by atoms with E-state index < -0.39 is 0 Å². The van der Waals surface area contributed by atoms with Gasteiger partial charge in [-0.2, -0.15) is 0 Å². The van der Waals surface area contributed by atoms with Gasteiger partial charge in [0, 0.05) is 24.7 Å². The second-order valence-electron chi connectivity index (χ2n) is 7.82. The smallest absolute Gasteiger partial charge is 0.223 e. The first-order chi connectivity index (χ1) is 13.0. The van der Waals surface area contributed by atoms with E-state index >= 15 is 0 Å². The molecule has 4 heteroatoms. The van der Waals surface area contributed by atoms with E-state index in [2.05, 4.69) is 18.7 Å². The van der Waals surface area contributed by atoms with E-state index in [9.17, 15) is 9.59 Å². The highest BCUT2D eigenvalue weighted by Crippen LogP contribution is 2.45. The van der Waals surface area contributed by atoms with Crippen LogP contribution in [-0.4, -0.2) is 42.8 Å². The van der Waals surface area contributed by atoms with Crippen molar-refractivity contribution in [2.45, 2.75) is 72.1 Å². The lowest BCUT2D eigenvalue weighted by molar-refractivity contribution is -0.116. The molecule has 0 atom stereocenters. The average molecular weight is 373 g/mol. The zero-order valence-electron chi connectivity index (χ0n) is 17.6. The monoisotopic (exact) mass is 372 g/mol. The molecule has 0 aliphatic heterocycles. The topological polar surface area (TPSA) is 40.6 Å². The molecule has 1 aromatic rings. The first-order valence-electron chi connectivity index (χ1n) is 10.6. The second-order valence-corrected chi connectivity index (χ2v) is 7.82. The van der Waals surface area contributed by atoms with E-state index in [0.717, 1.165) is 63.1 Å². The van der Waals surface area contributed by atoms with Crippen molar-refractivity contribution in [1.82, 2.24) is 4.90 Å². The van der Waals surface area contributed by atoms with Crippen LogP contribution in [0, 0.1) is 0 Å². The number of nitrogens with zero attached hydrogens (tertiary/aromatic N) is 2. The van der Waals surface area contributed by atoms with Gasteiger partial charge < -0.3 is 9.80 Å². The molecule has 1 fully saturated rings. The van der Waals surface area contributed by atoms with Crippen LogP contribution in [0.5, 0.6) is 0 Å². The number of Topliss-reactive ketones (excluding diaryl/α,β-unsaturated/α-hetero) is 1. The molecule has 2 rings (SSSR count). The molecule has 0 heterocycles. The third kappa shape index (κ3) is 6.46. The standard InChI is InChI=1S/C23H36N2O2/c1-5-13-24(14-6-2)15-7-8-16-25(19(4)27)23-12-11-21(18(3)26)17-22(23)20-9-10-20/h11-12,17,20H,5-10,13-16H2,1-4H3. The minimum Gasteiger partial charge on any atom is -0.312 e. The number of benzene rings is 1. The fraction of sp³-hybridized carbons (Fsp3) is 0.652. The van der Waals surface area contributed by atoms with Crippen LogP contribution in [0.4, 0.5) is 5.69 Å². The molecule has 1 aliphatic rings. The molecule has 1 saturated carbocycles. The summed E-state index contributed by atoms with van der Waals surface area (Å²) in [5.41, 5.74) is 2.93. The van der Waals surface area contributed by atoms with E-state index in [1.807, 2.05) is 23.1 Å². The van der Waals surface area contributed by atoms with Gasteiger partial charge in [-0.15, -0.1) is 0 Å². The summed E-state index contributed by atoms with van der Waals surface area (Å²) in [5, 5.41) is 0. The van der Waals surface area contributed by atoms with Gasteiger partial charge in [-0.1, -0.05) is 13.8 Å². The van der Waals surface area contributed by atoms with Crippen molar-refractivity contribution in [2.24, 2.45) is 0 Å². The van der Waals surface area contributed by atoms with Crippen molar-refractivity contribution in [3.05, 3.63) is 29.3 Å². The van der Waals surface area contributed by atoms with Crippen LogP contribution in [0.25, 0.3) is 0 Å². The first-order valence-corrected chi connectivity index (χ1v) is 10.6. The van der Waals surface area contributed by atoms with Crippen LogP contribution >= 0.6 is 0 Å². The Balaban J connectivity index is 2.03. The van der Waals surface area contributed by atoms with Crippen LogP contribution in [0.1, 0.15) is 88.1 Å². The quantitative estimate of drug-likeness (QED) is 0.382. The second kappa shape index (κ2) is 10.6. The van der Waals surface area contributed by atoms with Gasteiger partial charge in [-0.05, 0) is 94.8 Å². The largest absolute Gasteiger partial charge is 0.312 e. The Morgan fingerprint density at radius 2 is 1.59 bits per heavy atom. The molecule has 150 valence electrons. The highest BCUT2D eigenvalue weighted by molar-refractivity contribution is 5.97. The Morgan fingerprint density at radius 1 is 0.963 bits per heavy atom. The summed E-state index contributed by atoms with van der Waals surface area (Å²) in [6.07, 6.45) is 6.79. The first kappa shape index (κ1) is 21.6. The third-order valence-corrected chi connectivity index (χ3v) is 5.31. The summed E-state index contributed by atoms with van der Waals surface area (Å²) in [7, 11) is 0. The van der Waals surface area contributed by atoms with Gasteiger partial charge in [0.2, 0.25) is 5.91 Å². The summed E-state index contributed by atoms with van der Waals surface area (Å²) in [5.74, 6) is 0.682. The average Bonchev–Trinajstić information content (AvgIpc) is 3.46. The van der Waals surface area contributed by atoms with Crippen molar-refractivity contribution in [1.29, 1.82) is 0 Å². The third-order valence-electron chi connectivity index (χ3n) is 5.31. The molecular formula is C23H36N2O2. The molecule has 0 saturated heterocycles. The number of carbonyl (C=O) groups excluding carboxylic acids is 2. The number of amides is 1. The maximum Gasteiger partial charge on any atom is 0.223 e. The number of ketones is 1. The predicted octanol–water partition coefficient (Wildman–Crippen LogP) is 5.02. The van der Waals surface area contributed by atoms with Crippen molar-refractivity contribution in [3.63, 3.8) is 0 Å². The summed E-state index contributed by atoms with van der Waals surface area (Å²) in [6, 6.07) is 5.85. The Bertz CT molecular complexity index is 631. The number of hydrogen-bond acceptors (Lipinski definition) is 3. The number of anilines is 1. The molecule has 4 nitrogen and oxygen atoms in total. The number of hydrogen-bond donors (Lipinski definition) is 0. The Kier molecular flexibility index (Phi) is 8.49. The fourth-order valence-electron chi connectivity index (χ4n) is 3.76. The molecule has 0 aromatic heterocycles. The van der Waals surface area contributed by atoms with Crippen LogP contribution in [0.3, 0.4) is 0 Å². The molecule has 1 aliphatic carbocycles. The molecule has 0 unspecified atom stereocenters. The molecule has 27 heavy (non-hydrogen) atoms. The van der Waals surface area contributed by atoms with Crippen molar-refractivity contribution in [3.8, 4) is 0 Å². The minimum atomic E-state index is 0.0877. The van der Waals surface area contributed by atoms with Gasteiger partial charge in [-0.25, -0.2) is 0 Å². The zero-order valence-corrected chi connectivity index (χ0v) is 17.6. The van der Waals surface area contributed by atoms with Gasteiger partial charge in [0.05, 0.1) is 0 Å². The van der Waals surface area contributed by atoms with Crippen LogP contribution in [0.2, 0.25) is 0 Å². The van der Waals surface area contributed by atoms with Crippen molar-refractivity contribution >= 4 is 17.4 Å². The molecule has 1 amide bonds. The van der Waals surface area contributed by atoms with E-state index in [4.69, 9.17) is 0 Å². The summed E-state index contributed by atoms with van der Waals surface area (Å²) in [6.45, 7) is 11.9. The molecule has 0 radical (unpaired) electrons. The normalized spacial score (nSPS) is 13.8. The predicted molar refractivity (Wildman–Crippen MR) is 113 cm³/mol. The summed E-state index contributed by atoms with van der Waals surface area (Å²) < 4.78 is 0. The Labute approximate surface area is 164 Å². The summed E-state index contributed by atoms with van der Waals surface area (Å²) >= 11 is 0. The fourth-order valence-corrected chi connectivity index (χ4v) is 3.76. The van der Waals surface area contributed by atoms with E-state index in [-0.39, 0.29) is 11.7 Å². The highest BCUT2D eigenvalue weighted by atomic mass is 16.2. The van der Waals surface area contributed by atoms with Gasteiger partial charge in [0.15, 0.2) is 5.78 Å². The zero-order chi connectivity index (χ0) is 19.8. The highest BCUT2D eigenvalue weighted by Gasteiger charge is 2.29. The van der Waals surface area contributed by atoms with E-state index in [0.29, 0.717) is 5.92 Å². The van der Waals surface area contributed by atoms with Gasteiger partial charge in [0.1, 0.15) is 0 Å². The van der Waals surface area contributed by atoms with E-state index in [1.54, 1.807) is 13.8 Å². The van der Waals surface area contributed by atoms with E-state index in [1.165, 1.54) is 18.4 Å². The molecule has 0 spiro atoms. The lowest BCUT2D eigenvalue weighted by atomic mass is 10.0. The lowest BCUT2D eigenvalue weighted by Gasteiger charge is -2.26. The molecule has 0 N–H and O–H groups in total. The van der Waals surface area contributed by atoms with Crippen LogP contribution in [0.15, 0.2) is 18.2 Å². The minimum absolute atomic E-state index is 0.0877. The SMILES string of the molecule is CCCN(CCC)CCCCN(C(C)=O)c1ccc(C(C)=O)cc1C1CC1. The molecule has 1 aromatic carbocycles. The van der Waals surface area contributed by atoms with Gasteiger partial charge in [0.25, 0.3) is 0 Å². The van der Waals surface area contributed by atoms with Crippen LogP contribution < -0.4 is 4.90 Å². The molecular weight excluding hydrogens is 336 g/mol.